The number of fused-ring (bicyclic) bond motifs is 1. The van der Waals surface area contributed by atoms with E-state index in [1.807, 2.05) is 26.2 Å². The second-order valence-corrected chi connectivity index (χ2v) is 6.65. The minimum atomic E-state index is -0.0934. The zero-order valence-electron chi connectivity index (χ0n) is 14.5. The fourth-order valence-electron chi connectivity index (χ4n) is 2.76. The summed E-state index contributed by atoms with van der Waals surface area (Å²) in [6.45, 7) is 3.00. The molecule has 0 atom stereocenters. The van der Waals surface area contributed by atoms with Gasteiger partial charge in [-0.25, -0.2) is 0 Å². The predicted octanol–water partition coefficient (Wildman–Crippen LogP) is 0.886. The number of thiocarbonyl (C=S) groups is 1. The molecule has 0 saturated carbocycles. The van der Waals surface area contributed by atoms with Crippen LogP contribution in [0.1, 0.15) is 18.4 Å². The van der Waals surface area contributed by atoms with E-state index in [1.54, 1.807) is 0 Å². The van der Waals surface area contributed by atoms with Crippen molar-refractivity contribution in [3.8, 4) is 0 Å². The summed E-state index contributed by atoms with van der Waals surface area (Å²) in [5.74, 6) is -0.0934. The highest BCUT2D eigenvalue weighted by Crippen LogP contribution is 2.25. The quantitative estimate of drug-likeness (QED) is 0.403. The number of hydrogen-bond donors (Lipinski definition) is 3. The molecule has 3 N–H and O–H groups in total. The number of hydrazine groups is 1. The van der Waals surface area contributed by atoms with Crippen molar-refractivity contribution >= 4 is 28.9 Å². The summed E-state index contributed by atoms with van der Waals surface area (Å²) in [4.78, 5) is 16.4. The molecule has 0 aromatic heterocycles. The van der Waals surface area contributed by atoms with Gasteiger partial charge < -0.3 is 15.1 Å². The van der Waals surface area contributed by atoms with Crippen molar-refractivity contribution in [2.24, 2.45) is 0 Å². The molecule has 1 amide bonds. The molecule has 1 heterocycles. The van der Waals surface area contributed by atoms with Crippen LogP contribution in [0.15, 0.2) is 24.3 Å². The lowest BCUT2D eigenvalue weighted by Crippen LogP contribution is -2.50. The number of amides is 1. The Morgan fingerprint density at radius 2 is 2.08 bits per heavy atom. The van der Waals surface area contributed by atoms with Crippen molar-refractivity contribution in [3.05, 3.63) is 29.8 Å². The molecule has 24 heavy (non-hydrogen) atoms. The number of carbonyl (C=O) groups is 1. The molecule has 0 spiro atoms. The lowest BCUT2D eigenvalue weighted by molar-refractivity contribution is -0.120. The van der Waals surface area contributed by atoms with Gasteiger partial charge >= 0.3 is 0 Å². The van der Waals surface area contributed by atoms with Gasteiger partial charge in [-0.1, -0.05) is 18.2 Å². The lowest BCUT2D eigenvalue weighted by atomic mass is 10.0. The zero-order chi connectivity index (χ0) is 17.4. The minimum absolute atomic E-state index is 0.0934. The maximum atomic E-state index is 12.1. The van der Waals surface area contributed by atoms with E-state index in [2.05, 4.69) is 38.1 Å². The number of rotatable bonds is 6. The number of aryl methyl sites for hydroxylation is 1. The van der Waals surface area contributed by atoms with Crippen LogP contribution in [0.4, 0.5) is 5.69 Å². The highest BCUT2D eigenvalue weighted by molar-refractivity contribution is 7.80. The molecule has 6 nitrogen and oxygen atoms in total. The Morgan fingerprint density at radius 3 is 2.88 bits per heavy atom. The fraction of sp³-hybridized carbons (Fsp3) is 0.529. The molecule has 1 aliphatic heterocycles. The van der Waals surface area contributed by atoms with Gasteiger partial charge in [0.1, 0.15) is 0 Å². The maximum absolute atomic E-state index is 12.1. The average Bonchev–Trinajstić information content (AvgIpc) is 2.57. The number of hydrogen-bond acceptors (Lipinski definition) is 4. The van der Waals surface area contributed by atoms with E-state index >= 15 is 0 Å². The largest absolute Gasteiger partial charge is 0.362 e. The van der Waals surface area contributed by atoms with E-state index in [1.165, 1.54) is 5.56 Å². The first-order chi connectivity index (χ1) is 11.6. The number of anilines is 1. The van der Waals surface area contributed by atoms with Crippen molar-refractivity contribution in [2.45, 2.75) is 19.3 Å². The molecule has 1 aromatic carbocycles. The van der Waals surface area contributed by atoms with Crippen LogP contribution in [0.5, 0.6) is 0 Å². The Labute approximate surface area is 149 Å². The molecule has 0 radical (unpaired) electrons. The summed E-state index contributed by atoms with van der Waals surface area (Å²) in [7, 11) is 4.07. The van der Waals surface area contributed by atoms with Crippen LogP contribution in [0.2, 0.25) is 0 Å². The molecule has 0 unspecified atom stereocenters. The third-order valence-electron chi connectivity index (χ3n) is 3.92. The second-order valence-electron chi connectivity index (χ2n) is 6.24. The third kappa shape index (κ3) is 5.98. The van der Waals surface area contributed by atoms with Gasteiger partial charge in [0.25, 0.3) is 5.91 Å². The van der Waals surface area contributed by atoms with Gasteiger partial charge in [0.05, 0.1) is 6.54 Å². The van der Waals surface area contributed by atoms with Crippen molar-refractivity contribution in [1.29, 1.82) is 0 Å². The summed E-state index contributed by atoms with van der Waals surface area (Å²) >= 11 is 5.15. The van der Waals surface area contributed by atoms with E-state index in [0.717, 1.165) is 44.6 Å². The van der Waals surface area contributed by atoms with E-state index in [-0.39, 0.29) is 5.91 Å². The fourth-order valence-corrected chi connectivity index (χ4v) is 2.91. The Kier molecular flexibility index (Phi) is 7.27. The summed E-state index contributed by atoms with van der Waals surface area (Å²) < 4.78 is 0. The molecule has 1 aliphatic rings. The monoisotopic (exact) mass is 349 g/mol. The minimum Gasteiger partial charge on any atom is -0.362 e. The molecule has 1 aromatic rings. The van der Waals surface area contributed by atoms with Gasteiger partial charge in [0.2, 0.25) is 0 Å². The molecular formula is C17H27N5OS. The van der Waals surface area contributed by atoms with Crippen LogP contribution in [-0.4, -0.2) is 56.2 Å². The highest BCUT2D eigenvalue weighted by atomic mass is 32.1. The summed E-state index contributed by atoms with van der Waals surface area (Å²) in [6.07, 6.45) is 3.14. The smallest absolute Gasteiger partial charge is 0.257 e. The van der Waals surface area contributed by atoms with Crippen LogP contribution in [-0.2, 0) is 11.2 Å². The van der Waals surface area contributed by atoms with Crippen LogP contribution >= 0.6 is 12.2 Å². The first-order valence-electron chi connectivity index (χ1n) is 8.36. The number of nitrogens with one attached hydrogen (secondary N) is 3. The Hall–Kier alpha value is -1.86. The zero-order valence-corrected chi connectivity index (χ0v) is 15.3. The van der Waals surface area contributed by atoms with Crippen molar-refractivity contribution in [2.75, 3.05) is 45.2 Å². The van der Waals surface area contributed by atoms with Crippen molar-refractivity contribution in [1.82, 2.24) is 21.1 Å². The first-order valence-corrected chi connectivity index (χ1v) is 8.77. The van der Waals surface area contributed by atoms with Gasteiger partial charge in [-0.3, -0.25) is 15.6 Å². The van der Waals surface area contributed by atoms with Gasteiger partial charge in [-0.2, -0.15) is 0 Å². The van der Waals surface area contributed by atoms with E-state index in [0.29, 0.717) is 11.7 Å². The average molecular weight is 350 g/mol. The maximum Gasteiger partial charge on any atom is 0.257 e. The van der Waals surface area contributed by atoms with E-state index in [4.69, 9.17) is 12.2 Å². The molecule has 2 rings (SSSR count). The van der Waals surface area contributed by atoms with E-state index in [9.17, 15) is 4.79 Å². The molecule has 0 aliphatic carbocycles. The molecular weight excluding hydrogens is 322 g/mol. The van der Waals surface area contributed by atoms with Crippen molar-refractivity contribution in [3.63, 3.8) is 0 Å². The normalized spacial score (nSPS) is 13.4. The Morgan fingerprint density at radius 1 is 1.29 bits per heavy atom. The van der Waals surface area contributed by atoms with Gasteiger partial charge in [-0.15, -0.1) is 0 Å². The van der Waals surface area contributed by atoms with E-state index < -0.39 is 0 Å². The number of benzene rings is 1. The van der Waals surface area contributed by atoms with Crippen molar-refractivity contribution < 1.29 is 4.79 Å². The van der Waals surface area contributed by atoms with Crippen LogP contribution in [0.25, 0.3) is 0 Å². The van der Waals surface area contributed by atoms with Gasteiger partial charge in [0, 0.05) is 18.8 Å². The Bertz CT molecular complexity index is 564. The molecule has 7 heteroatoms. The Balaban J connectivity index is 1.69. The van der Waals surface area contributed by atoms with Crippen LogP contribution < -0.4 is 21.1 Å². The number of nitrogens with zero attached hydrogens (tertiary/aromatic N) is 2. The van der Waals surface area contributed by atoms with Gasteiger partial charge in [-0.05, 0) is 63.8 Å². The number of para-hydroxylation sites is 1. The number of carbonyl (C=O) groups excluding carboxylic acids is 1. The van der Waals surface area contributed by atoms with Crippen LogP contribution in [0.3, 0.4) is 0 Å². The predicted molar refractivity (Wildman–Crippen MR) is 102 cm³/mol. The summed E-state index contributed by atoms with van der Waals surface area (Å²) in [5, 5.41) is 3.52. The standard InChI is InChI=1S/C17H27N5OS/c1-21(2)11-6-10-18-17(24)20-19-16(23)13-22-12-5-8-14-7-3-4-9-15(14)22/h3-4,7,9H,5-6,8,10-13H2,1-2H3,(H,19,23)(H2,18,20,24). The third-order valence-corrected chi connectivity index (χ3v) is 4.17. The lowest BCUT2D eigenvalue weighted by Gasteiger charge is -2.30. The van der Waals surface area contributed by atoms with Gasteiger partial charge in [0.15, 0.2) is 5.11 Å². The van der Waals surface area contributed by atoms with Crippen LogP contribution in [0, 0.1) is 0 Å². The topological polar surface area (TPSA) is 59.6 Å². The summed E-state index contributed by atoms with van der Waals surface area (Å²) in [5.41, 5.74) is 7.89. The molecule has 132 valence electrons. The second kappa shape index (κ2) is 9.44. The first kappa shape index (κ1) is 18.5. The summed E-state index contributed by atoms with van der Waals surface area (Å²) in [6, 6.07) is 8.26. The SMILES string of the molecule is CN(C)CCCNC(=S)NNC(=O)CN1CCCc2ccccc21. The molecule has 0 saturated heterocycles. The molecule has 0 bridgehead atoms. The molecule has 0 fully saturated rings. The highest BCUT2D eigenvalue weighted by Gasteiger charge is 2.18.